The SMILES string of the molecule is CCNC(c1ccc(Br)o1)c1c(F)ccc(C)c1F. The van der Waals surface area contributed by atoms with E-state index in [4.69, 9.17) is 4.42 Å². The molecule has 0 bridgehead atoms. The highest BCUT2D eigenvalue weighted by Gasteiger charge is 2.25. The molecule has 102 valence electrons. The lowest BCUT2D eigenvalue weighted by Crippen LogP contribution is -2.24. The Labute approximate surface area is 118 Å². The van der Waals surface area contributed by atoms with Crippen LogP contribution in [0.1, 0.15) is 29.9 Å². The molecule has 2 rings (SSSR count). The lowest BCUT2D eigenvalue weighted by Gasteiger charge is -2.18. The van der Waals surface area contributed by atoms with E-state index in [-0.39, 0.29) is 5.56 Å². The minimum Gasteiger partial charge on any atom is -0.452 e. The Morgan fingerprint density at radius 2 is 2.00 bits per heavy atom. The van der Waals surface area contributed by atoms with E-state index in [1.165, 1.54) is 12.1 Å². The van der Waals surface area contributed by atoms with Crippen molar-refractivity contribution >= 4 is 15.9 Å². The van der Waals surface area contributed by atoms with Crippen LogP contribution in [0.4, 0.5) is 8.78 Å². The van der Waals surface area contributed by atoms with Gasteiger partial charge in [0.25, 0.3) is 0 Å². The third-order valence-corrected chi connectivity index (χ3v) is 3.32. The van der Waals surface area contributed by atoms with Crippen LogP contribution in [0.5, 0.6) is 0 Å². The minimum atomic E-state index is -0.642. The number of benzene rings is 1. The van der Waals surface area contributed by atoms with Gasteiger partial charge in [-0.05, 0) is 53.2 Å². The molecule has 1 N–H and O–H groups in total. The van der Waals surface area contributed by atoms with E-state index >= 15 is 0 Å². The average Bonchev–Trinajstić information content (AvgIpc) is 2.80. The summed E-state index contributed by atoms with van der Waals surface area (Å²) in [5.74, 6) is -0.655. The molecule has 0 saturated heterocycles. The number of hydrogen-bond donors (Lipinski definition) is 1. The van der Waals surface area contributed by atoms with Gasteiger partial charge < -0.3 is 9.73 Å². The van der Waals surface area contributed by atoms with Crippen molar-refractivity contribution in [2.45, 2.75) is 19.9 Å². The molecule has 0 saturated carbocycles. The zero-order chi connectivity index (χ0) is 14.0. The van der Waals surface area contributed by atoms with E-state index in [1.807, 2.05) is 6.92 Å². The summed E-state index contributed by atoms with van der Waals surface area (Å²) in [5, 5.41) is 3.04. The van der Waals surface area contributed by atoms with Gasteiger partial charge in [0, 0.05) is 5.56 Å². The van der Waals surface area contributed by atoms with Gasteiger partial charge in [0.05, 0.1) is 6.04 Å². The monoisotopic (exact) mass is 329 g/mol. The molecule has 1 heterocycles. The lowest BCUT2D eigenvalue weighted by molar-refractivity contribution is 0.416. The van der Waals surface area contributed by atoms with Gasteiger partial charge in [-0.1, -0.05) is 13.0 Å². The molecule has 2 nitrogen and oxygen atoms in total. The molecule has 0 aliphatic heterocycles. The summed E-state index contributed by atoms with van der Waals surface area (Å²) in [6.45, 7) is 4.05. The van der Waals surface area contributed by atoms with Crippen LogP contribution in [-0.4, -0.2) is 6.54 Å². The van der Waals surface area contributed by atoms with E-state index in [0.29, 0.717) is 22.5 Å². The van der Waals surface area contributed by atoms with Gasteiger partial charge in [0.2, 0.25) is 0 Å². The van der Waals surface area contributed by atoms with Crippen LogP contribution in [0.25, 0.3) is 0 Å². The van der Waals surface area contributed by atoms with E-state index in [1.54, 1.807) is 19.1 Å². The zero-order valence-corrected chi connectivity index (χ0v) is 12.2. The zero-order valence-electron chi connectivity index (χ0n) is 10.6. The summed E-state index contributed by atoms with van der Waals surface area (Å²) in [7, 11) is 0. The van der Waals surface area contributed by atoms with Crippen molar-refractivity contribution in [3.63, 3.8) is 0 Å². The number of halogens is 3. The smallest absolute Gasteiger partial charge is 0.169 e. The number of furan rings is 1. The summed E-state index contributed by atoms with van der Waals surface area (Å²) < 4.78 is 34.1. The summed E-state index contributed by atoms with van der Waals surface area (Å²) in [6.07, 6.45) is 0. The van der Waals surface area contributed by atoms with Crippen LogP contribution in [0.2, 0.25) is 0 Å². The van der Waals surface area contributed by atoms with Gasteiger partial charge in [-0.3, -0.25) is 0 Å². The Balaban J connectivity index is 2.53. The van der Waals surface area contributed by atoms with Crippen LogP contribution < -0.4 is 5.32 Å². The molecule has 0 spiro atoms. The van der Waals surface area contributed by atoms with E-state index in [9.17, 15) is 8.78 Å². The molecule has 0 aliphatic carbocycles. The fourth-order valence-corrected chi connectivity index (χ4v) is 2.29. The third kappa shape index (κ3) is 2.87. The number of rotatable bonds is 4. The molecule has 1 aromatic carbocycles. The van der Waals surface area contributed by atoms with E-state index < -0.39 is 17.7 Å². The normalized spacial score (nSPS) is 12.7. The fraction of sp³-hybridized carbons (Fsp3) is 0.286. The van der Waals surface area contributed by atoms with Crippen LogP contribution in [-0.2, 0) is 0 Å². The van der Waals surface area contributed by atoms with Crippen LogP contribution >= 0.6 is 15.9 Å². The molecule has 0 amide bonds. The standard InChI is InChI=1S/C14H14BrF2NO/c1-3-18-14(10-6-7-11(15)19-10)12-9(16)5-4-8(2)13(12)17/h4-7,14,18H,3H2,1-2H3. The number of hydrogen-bond acceptors (Lipinski definition) is 2. The maximum absolute atomic E-state index is 14.2. The minimum absolute atomic E-state index is 0.0105. The second kappa shape index (κ2) is 5.84. The third-order valence-electron chi connectivity index (χ3n) is 2.90. The van der Waals surface area contributed by atoms with E-state index in [0.717, 1.165) is 0 Å². The molecule has 0 fully saturated rings. The van der Waals surface area contributed by atoms with Gasteiger partial charge in [-0.25, -0.2) is 8.78 Å². The highest BCUT2D eigenvalue weighted by molar-refractivity contribution is 9.10. The molecule has 1 atom stereocenters. The molecule has 1 aromatic heterocycles. The Kier molecular flexibility index (Phi) is 4.37. The summed E-state index contributed by atoms with van der Waals surface area (Å²) in [6, 6.07) is 5.45. The first-order valence-corrected chi connectivity index (χ1v) is 6.77. The van der Waals surface area contributed by atoms with Crippen molar-refractivity contribution in [3.05, 3.63) is 57.5 Å². The Hall–Kier alpha value is -1.20. The van der Waals surface area contributed by atoms with Crippen LogP contribution in [0, 0.1) is 18.6 Å². The van der Waals surface area contributed by atoms with Crippen molar-refractivity contribution in [2.75, 3.05) is 6.54 Å². The Bertz CT molecular complexity index is 583. The van der Waals surface area contributed by atoms with Crippen molar-refractivity contribution in [1.82, 2.24) is 5.32 Å². The number of nitrogens with one attached hydrogen (secondary N) is 1. The van der Waals surface area contributed by atoms with Crippen LogP contribution in [0.15, 0.2) is 33.4 Å². The maximum atomic E-state index is 14.2. The van der Waals surface area contributed by atoms with Gasteiger partial charge in [0.15, 0.2) is 4.67 Å². The maximum Gasteiger partial charge on any atom is 0.169 e. The molecular formula is C14H14BrF2NO. The Morgan fingerprint density at radius 1 is 1.26 bits per heavy atom. The molecule has 1 unspecified atom stereocenters. The molecule has 19 heavy (non-hydrogen) atoms. The van der Waals surface area contributed by atoms with Crippen molar-refractivity contribution < 1.29 is 13.2 Å². The highest BCUT2D eigenvalue weighted by atomic mass is 79.9. The largest absolute Gasteiger partial charge is 0.452 e. The first-order valence-electron chi connectivity index (χ1n) is 5.97. The molecular weight excluding hydrogens is 316 g/mol. The van der Waals surface area contributed by atoms with Crippen molar-refractivity contribution in [3.8, 4) is 0 Å². The second-order valence-electron chi connectivity index (χ2n) is 4.22. The molecule has 0 aliphatic rings. The quantitative estimate of drug-likeness (QED) is 0.903. The summed E-state index contributed by atoms with van der Waals surface area (Å²) in [4.78, 5) is 0. The topological polar surface area (TPSA) is 25.2 Å². The fourth-order valence-electron chi connectivity index (χ4n) is 1.98. The average molecular weight is 330 g/mol. The Morgan fingerprint density at radius 3 is 2.58 bits per heavy atom. The highest BCUT2D eigenvalue weighted by Crippen LogP contribution is 2.30. The van der Waals surface area contributed by atoms with Gasteiger partial charge >= 0.3 is 0 Å². The summed E-state index contributed by atoms with van der Waals surface area (Å²) >= 11 is 3.19. The molecule has 2 aromatic rings. The van der Waals surface area contributed by atoms with Gasteiger partial charge in [0.1, 0.15) is 17.4 Å². The predicted molar refractivity (Wildman–Crippen MR) is 73.0 cm³/mol. The second-order valence-corrected chi connectivity index (χ2v) is 5.01. The first kappa shape index (κ1) is 14.2. The van der Waals surface area contributed by atoms with Crippen LogP contribution in [0.3, 0.4) is 0 Å². The van der Waals surface area contributed by atoms with Crippen molar-refractivity contribution in [1.29, 1.82) is 0 Å². The van der Waals surface area contributed by atoms with Gasteiger partial charge in [-0.2, -0.15) is 0 Å². The first-order chi connectivity index (χ1) is 9.04. The van der Waals surface area contributed by atoms with Gasteiger partial charge in [-0.15, -0.1) is 0 Å². The molecule has 5 heteroatoms. The predicted octanol–water partition coefficient (Wildman–Crippen LogP) is 4.33. The molecule has 0 radical (unpaired) electrons. The van der Waals surface area contributed by atoms with E-state index in [2.05, 4.69) is 21.2 Å². The number of aryl methyl sites for hydroxylation is 1. The van der Waals surface area contributed by atoms with Crippen molar-refractivity contribution in [2.24, 2.45) is 0 Å². The summed E-state index contributed by atoms with van der Waals surface area (Å²) in [5.41, 5.74) is 0.397. The lowest BCUT2D eigenvalue weighted by atomic mass is 10.0.